The first kappa shape index (κ1) is 13.6. The average molecular weight is 245 g/mol. The van der Waals surface area contributed by atoms with Crippen LogP contribution in [0.25, 0.3) is 0 Å². The molecule has 4 N–H and O–H groups in total. The second-order valence-corrected chi connectivity index (χ2v) is 4.93. The molecular formula is C6H13ClN2O4S. The van der Waals surface area contributed by atoms with Crippen LogP contribution in [0.5, 0.6) is 0 Å². The van der Waals surface area contributed by atoms with Crippen molar-refractivity contribution >= 4 is 27.5 Å². The van der Waals surface area contributed by atoms with E-state index in [1.165, 1.54) is 0 Å². The summed E-state index contributed by atoms with van der Waals surface area (Å²) >= 11 is 5.31. The lowest BCUT2D eigenvalue weighted by atomic mass is 10.3. The molecule has 6 nitrogen and oxygen atoms in total. The molecule has 0 aromatic heterocycles. The van der Waals surface area contributed by atoms with E-state index in [2.05, 4.69) is 0 Å². The summed E-state index contributed by atoms with van der Waals surface area (Å²) in [7, 11) is -3.47. The summed E-state index contributed by atoms with van der Waals surface area (Å²) in [5.74, 6) is -0.869. The van der Waals surface area contributed by atoms with Crippen molar-refractivity contribution < 1.29 is 18.3 Å². The van der Waals surface area contributed by atoms with Gasteiger partial charge < -0.3 is 10.8 Å². The first-order valence-corrected chi connectivity index (χ1v) is 6.08. The number of rotatable bonds is 7. The molecule has 0 rings (SSSR count). The lowest BCUT2D eigenvalue weighted by Crippen LogP contribution is -2.40. The van der Waals surface area contributed by atoms with Crippen molar-refractivity contribution in [2.75, 3.05) is 18.2 Å². The van der Waals surface area contributed by atoms with Gasteiger partial charge in [-0.15, -0.1) is 11.6 Å². The normalized spacial score (nSPS) is 13.9. The Bertz CT molecular complexity index is 280. The molecule has 0 spiro atoms. The van der Waals surface area contributed by atoms with Gasteiger partial charge in [-0.1, -0.05) is 0 Å². The van der Waals surface area contributed by atoms with Gasteiger partial charge in [-0.2, -0.15) is 0 Å². The quantitative estimate of drug-likeness (QED) is 0.468. The summed E-state index contributed by atoms with van der Waals surface area (Å²) in [5, 5.41) is 8.89. The van der Waals surface area contributed by atoms with E-state index in [0.717, 1.165) is 0 Å². The fourth-order valence-electron chi connectivity index (χ4n) is 0.623. The van der Waals surface area contributed by atoms with Crippen molar-refractivity contribution in [1.29, 1.82) is 0 Å². The predicted octanol–water partition coefficient (Wildman–Crippen LogP) is -1.62. The lowest BCUT2D eigenvalue weighted by Gasteiger charge is -2.08. The van der Waals surface area contributed by atoms with E-state index in [-0.39, 0.29) is 11.6 Å². The number of sulfonamides is 1. The van der Waals surface area contributed by atoms with E-state index in [1.807, 2.05) is 4.72 Å². The van der Waals surface area contributed by atoms with Crippen molar-refractivity contribution in [2.45, 2.75) is 12.5 Å². The Labute approximate surface area is 87.5 Å². The molecule has 0 heterocycles. The summed E-state index contributed by atoms with van der Waals surface area (Å²) < 4.78 is 24.2. The molecule has 8 heteroatoms. The number of nitrogens with two attached hydrogens (primary N) is 1. The standard InChI is InChI=1S/C6H13ClN2O4S/c7-2-1-3-14(12,13)9-4-5(10)6(8)11/h5,9-10H,1-4H2,(H2,8,11). The number of aliphatic hydroxyl groups is 1. The number of carbonyl (C=O) groups excluding carboxylic acids is 1. The molecule has 1 amide bonds. The highest BCUT2D eigenvalue weighted by Gasteiger charge is 2.15. The van der Waals surface area contributed by atoms with Gasteiger partial charge in [-0.3, -0.25) is 4.79 Å². The SMILES string of the molecule is NC(=O)C(O)CNS(=O)(=O)CCCCl. The Hall–Kier alpha value is -0.370. The molecule has 1 atom stereocenters. The maximum absolute atomic E-state index is 11.1. The maximum Gasteiger partial charge on any atom is 0.247 e. The number of nitrogens with one attached hydrogen (secondary N) is 1. The minimum absolute atomic E-state index is 0.137. The molecule has 0 radical (unpaired) electrons. The zero-order valence-corrected chi connectivity index (χ0v) is 9.01. The van der Waals surface area contributed by atoms with Crippen LogP contribution in [0.1, 0.15) is 6.42 Å². The average Bonchev–Trinajstić information content (AvgIpc) is 2.11. The summed E-state index contributed by atoms with van der Waals surface area (Å²) in [6, 6.07) is 0. The summed E-state index contributed by atoms with van der Waals surface area (Å²) in [4.78, 5) is 10.3. The van der Waals surface area contributed by atoms with Gasteiger partial charge in [0.15, 0.2) is 0 Å². The first-order chi connectivity index (χ1) is 6.39. The molecule has 0 saturated carbocycles. The van der Waals surface area contributed by atoms with Crippen LogP contribution in [0, 0.1) is 0 Å². The predicted molar refractivity (Wildman–Crippen MR) is 52.3 cm³/mol. The van der Waals surface area contributed by atoms with E-state index < -0.39 is 28.6 Å². The fraction of sp³-hybridized carbons (Fsp3) is 0.833. The van der Waals surface area contributed by atoms with Crippen LogP contribution in [0.2, 0.25) is 0 Å². The molecule has 0 aliphatic carbocycles. The Morgan fingerprint density at radius 1 is 1.57 bits per heavy atom. The lowest BCUT2D eigenvalue weighted by molar-refractivity contribution is -0.125. The summed E-state index contributed by atoms with van der Waals surface area (Å²) in [6.07, 6.45) is -1.19. The number of halogens is 1. The number of aliphatic hydroxyl groups excluding tert-OH is 1. The number of carbonyl (C=O) groups is 1. The molecule has 0 fully saturated rings. The van der Waals surface area contributed by atoms with Gasteiger partial charge in [0.25, 0.3) is 0 Å². The van der Waals surface area contributed by atoms with Gasteiger partial charge in [0.2, 0.25) is 15.9 Å². The zero-order valence-electron chi connectivity index (χ0n) is 7.44. The topological polar surface area (TPSA) is 109 Å². The van der Waals surface area contributed by atoms with Crippen LogP contribution >= 0.6 is 11.6 Å². The number of hydrogen-bond acceptors (Lipinski definition) is 4. The molecule has 0 aliphatic heterocycles. The molecule has 14 heavy (non-hydrogen) atoms. The molecule has 0 aromatic rings. The fourth-order valence-corrected chi connectivity index (χ4v) is 2.00. The molecule has 0 aromatic carbocycles. The third kappa shape index (κ3) is 6.14. The Morgan fingerprint density at radius 3 is 2.57 bits per heavy atom. The second kappa shape index (κ2) is 6.18. The molecule has 0 bridgehead atoms. The number of hydrogen-bond donors (Lipinski definition) is 3. The van der Waals surface area contributed by atoms with Crippen LogP contribution in [0.3, 0.4) is 0 Å². The van der Waals surface area contributed by atoms with Crippen LogP contribution < -0.4 is 10.5 Å². The molecule has 1 unspecified atom stereocenters. The smallest absolute Gasteiger partial charge is 0.247 e. The molecule has 0 aliphatic rings. The van der Waals surface area contributed by atoms with E-state index in [0.29, 0.717) is 6.42 Å². The van der Waals surface area contributed by atoms with Gasteiger partial charge >= 0.3 is 0 Å². The van der Waals surface area contributed by atoms with Gasteiger partial charge in [-0.25, -0.2) is 13.1 Å². The van der Waals surface area contributed by atoms with Gasteiger partial charge in [0.05, 0.1) is 5.75 Å². The third-order valence-corrected chi connectivity index (χ3v) is 3.07. The Kier molecular flexibility index (Phi) is 6.01. The van der Waals surface area contributed by atoms with E-state index in [1.54, 1.807) is 0 Å². The maximum atomic E-state index is 11.1. The van der Waals surface area contributed by atoms with Crippen molar-refractivity contribution in [2.24, 2.45) is 5.73 Å². The summed E-state index contributed by atoms with van der Waals surface area (Å²) in [5.41, 5.74) is 4.72. The summed E-state index contributed by atoms with van der Waals surface area (Å²) in [6.45, 7) is -0.403. The highest BCUT2D eigenvalue weighted by Crippen LogP contribution is 1.92. The molecular weight excluding hydrogens is 232 g/mol. The molecule has 84 valence electrons. The second-order valence-electron chi connectivity index (χ2n) is 2.63. The van der Waals surface area contributed by atoms with Crippen LogP contribution in [-0.2, 0) is 14.8 Å². The van der Waals surface area contributed by atoms with Crippen molar-refractivity contribution in [1.82, 2.24) is 4.72 Å². The number of primary amides is 1. The first-order valence-electron chi connectivity index (χ1n) is 3.89. The highest BCUT2D eigenvalue weighted by molar-refractivity contribution is 7.89. The zero-order chi connectivity index (χ0) is 11.2. The minimum Gasteiger partial charge on any atom is -0.382 e. The molecule has 0 saturated heterocycles. The number of alkyl halides is 1. The Morgan fingerprint density at radius 2 is 2.14 bits per heavy atom. The third-order valence-electron chi connectivity index (χ3n) is 1.37. The van der Waals surface area contributed by atoms with Crippen LogP contribution in [0.4, 0.5) is 0 Å². The number of amides is 1. The van der Waals surface area contributed by atoms with Gasteiger partial charge in [-0.05, 0) is 6.42 Å². The van der Waals surface area contributed by atoms with Crippen LogP contribution in [-0.4, -0.2) is 43.7 Å². The monoisotopic (exact) mass is 244 g/mol. The van der Waals surface area contributed by atoms with Crippen LogP contribution in [0.15, 0.2) is 0 Å². The van der Waals surface area contributed by atoms with Crippen molar-refractivity contribution in [3.8, 4) is 0 Å². The van der Waals surface area contributed by atoms with E-state index in [9.17, 15) is 13.2 Å². The van der Waals surface area contributed by atoms with Crippen molar-refractivity contribution in [3.63, 3.8) is 0 Å². The largest absolute Gasteiger partial charge is 0.382 e. The van der Waals surface area contributed by atoms with E-state index in [4.69, 9.17) is 22.4 Å². The van der Waals surface area contributed by atoms with Gasteiger partial charge in [0.1, 0.15) is 6.10 Å². The highest BCUT2D eigenvalue weighted by atomic mass is 35.5. The minimum atomic E-state index is -3.47. The van der Waals surface area contributed by atoms with Gasteiger partial charge in [0, 0.05) is 12.4 Å². The Balaban J connectivity index is 3.93. The van der Waals surface area contributed by atoms with Crippen molar-refractivity contribution in [3.05, 3.63) is 0 Å². The van der Waals surface area contributed by atoms with E-state index >= 15 is 0 Å².